The van der Waals surface area contributed by atoms with E-state index in [2.05, 4.69) is 10.6 Å². The topological polar surface area (TPSA) is 95.6 Å². The van der Waals surface area contributed by atoms with Gasteiger partial charge in [0.1, 0.15) is 17.7 Å². The molecule has 10 heteroatoms. The SMILES string of the molecule is O=C1CCC(N2Cc3c(CNC(=O)c4c(F)ccc(F)c4Cl)cccc3C2=O)C(=O)N1. The van der Waals surface area contributed by atoms with Crippen molar-refractivity contribution in [3.63, 3.8) is 0 Å². The van der Waals surface area contributed by atoms with Crippen molar-refractivity contribution < 1.29 is 28.0 Å². The summed E-state index contributed by atoms with van der Waals surface area (Å²) in [4.78, 5) is 50.2. The number of nitrogens with zero attached hydrogens (tertiary/aromatic N) is 1. The summed E-state index contributed by atoms with van der Waals surface area (Å²) in [5, 5.41) is 4.11. The van der Waals surface area contributed by atoms with E-state index in [0.717, 1.165) is 12.1 Å². The highest BCUT2D eigenvalue weighted by Crippen LogP contribution is 2.30. The largest absolute Gasteiger partial charge is 0.348 e. The Labute approximate surface area is 180 Å². The number of carbonyl (C=O) groups is 4. The zero-order valence-electron chi connectivity index (χ0n) is 16.0. The lowest BCUT2D eigenvalue weighted by Crippen LogP contribution is -2.52. The molecule has 7 nitrogen and oxygen atoms in total. The van der Waals surface area contributed by atoms with Crippen LogP contribution in [0.1, 0.15) is 44.7 Å². The fourth-order valence-corrected chi connectivity index (χ4v) is 4.05. The van der Waals surface area contributed by atoms with E-state index in [1.54, 1.807) is 18.2 Å². The molecule has 0 aromatic heterocycles. The Morgan fingerprint density at radius 1 is 1.16 bits per heavy atom. The molecule has 160 valence electrons. The van der Waals surface area contributed by atoms with Gasteiger partial charge >= 0.3 is 0 Å². The predicted molar refractivity (Wildman–Crippen MR) is 105 cm³/mol. The average molecular weight is 448 g/mol. The Kier molecular flexibility index (Phi) is 5.45. The Morgan fingerprint density at radius 3 is 2.65 bits per heavy atom. The highest BCUT2D eigenvalue weighted by Gasteiger charge is 2.39. The molecule has 2 N–H and O–H groups in total. The molecule has 2 heterocycles. The zero-order chi connectivity index (χ0) is 22.3. The van der Waals surface area contributed by atoms with Gasteiger partial charge in [-0.15, -0.1) is 0 Å². The fourth-order valence-electron chi connectivity index (χ4n) is 3.81. The maximum Gasteiger partial charge on any atom is 0.256 e. The third-order valence-corrected chi connectivity index (χ3v) is 5.76. The number of hydrogen-bond donors (Lipinski definition) is 2. The minimum atomic E-state index is -0.957. The van der Waals surface area contributed by atoms with Gasteiger partial charge in [0.05, 0.1) is 10.6 Å². The van der Waals surface area contributed by atoms with Crippen molar-refractivity contribution in [2.45, 2.75) is 32.0 Å². The van der Waals surface area contributed by atoms with Crippen LogP contribution in [0, 0.1) is 11.6 Å². The molecule has 31 heavy (non-hydrogen) atoms. The monoisotopic (exact) mass is 447 g/mol. The highest BCUT2D eigenvalue weighted by molar-refractivity contribution is 6.34. The summed E-state index contributed by atoms with van der Waals surface area (Å²) in [7, 11) is 0. The van der Waals surface area contributed by atoms with Crippen LogP contribution in [0.15, 0.2) is 30.3 Å². The number of carbonyl (C=O) groups excluding carboxylic acids is 4. The van der Waals surface area contributed by atoms with Crippen molar-refractivity contribution in [3.05, 3.63) is 69.2 Å². The maximum atomic E-state index is 14.0. The lowest BCUT2D eigenvalue weighted by atomic mass is 10.0. The van der Waals surface area contributed by atoms with Gasteiger partial charge in [0.15, 0.2) is 0 Å². The Balaban J connectivity index is 1.53. The molecule has 2 aromatic carbocycles. The second kappa shape index (κ2) is 8.07. The standard InChI is InChI=1S/C21H16ClF2N3O4/c22-18-14(24)5-4-13(23)17(18)20(30)25-8-10-2-1-3-11-12(10)9-27(21(11)31)15-6-7-16(28)26-19(15)29/h1-5,15H,6-9H2,(H,25,30)(H,26,28,29). The number of imide groups is 1. The number of hydrogen-bond acceptors (Lipinski definition) is 4. The summed E-state index contributed by atoms with van der Waals surface area (Å²) >= 11 is 5.73. The van der Waals surface area contributed by atoms with Crippen LogP contribution in [0.25, 0.3) is 0 Å². The number of amides is 4. The molecule has 2 aliphatic heterocycles. The van der Waals surface area contributed by atoms with Crippen LogP contribution >= 0.6 is 11.6 Å². The quantitative estimate of drug-likeness (QED) is 0.555. The fraction of sp³-hybridized carbons (Fsp3) is 0.238. The molecule has 1 fully saturated rings. The first kappa shape index (κ1) is 20.9. The van der Waals surface area contributed by atoms with Crippen molar-refractivity contribution in [2.75, 3.05) is 0 Å². The minimum absolute atomic E-state index is 0.0647. The van der Waals surface area contributed by atoms with Gasteiger partial charge in [-0.25, -0.2) is 8.78 Å². The lowest BCUT2D eigenvalue weighted by molar-refractivity contribution is -0.136. The van der Waals surface area contributed by atoms with Crippen molar-refractivity contribution in [3.8, 4) is 0 Å². The Morgan fingerprint density at radius 2 is 1.90 bits per heavy atom. The van der Waals surface area contributed by atoms with E-state index in [0.29, 0.717) is 16.7 Å². The second-order valence-corrected chi connectivity index (χ2v) is 7.62. The number of halogens is 3. The molecule has 1 atom stereocenters. The first-order valence-electron chi connectivity index (χ1n) is 9.45. The molecule has 2 aliphatic rings. The van der Waals surface area contributed by atoms with Gasteiger partial charge in [-0.2, -0.15) is 0 Å². The molecule has 4 rings (SSSR count). The second-order valence-electron chi connectivity index (χ2n) is 7.24. The van der Waals surface area contributed by atoms with E-state index in [-0.39, 0.29) is 37.7 Å². The van der Waals surface area contributed by atoms with Crippen LogP contribution in [0.3, 0.4) is 0 Å². The van der Waals surface area contributed by atoms with Gasteiger partial charge in [0, 0.05) is 25.1 Å². The van der Waals surface area contributed by atoms with E-state index < -0.39 is 40.1 Å². The van der Waals surface area contributed by atoms with Gasteiger partial charge in [0.2, 0.25) is 11.8 Å². The van der Waals surface area contributed by atoms with Gasteiger partial charge in [-0.1, -0.05) is 23.7 Å². The molecular formula is C21H16ClF2N3O4. The maximum absolute atomic E-state index is 14.0. The van der Waals surface area contributed by atoms with Crippen LogP contribution in [0.2, 0.25) is 5.02 Å². The third kappa shape index (κ3) is 3.76. The summed E-state index contributed by atoms with van der Waals surface area (Å²) in [6.45, 7) is 0.0618. The first-order chi connectivity index (χ1) is 14.8. The van der Waals surface area contributed by atoms with Crippen molar-refractivity contribution in [2.24, 2.45) is 0 Å². The minimum Gasteiger partial charge on any atom is -0.348 e. The van der Waals surface area contributed by atoms with E-state index in [1.165, 1.54) is 4.90 Å². The number of benzene rings is 2. The molecule has 0 spiro atoms. The van der Waals surface area contributed by atoms with Crippen molar-refractivity contribution in [1.82, 2.24) is 15.5 Å². The summed E-state index contributed by atoms with van der Waals surface area (Å²) < 4.78 is 27.6. The molecule has 1 saturated heterocycles. The molecule has 0 saturated carbocycles. The number of rotatable bonds is 4. The number of nitrogens with one attached hydrogen (secondary N) is 2. The first-order valence-corrected chi connectivity index (χ1v) is 9.83. The lowest BCUT2D eigenvalue weighted by Gasteiger charge is -2.29. The molecule has 4 amide bonds. The molecular weight excluding hydrogens is 432 g/mol. The summed E-state index contributed by atoms with van der Waals surface area (Å²) in [5.74, 6) is -4.02. The van der Waals surface area contributed by atoms with Crippen LogP contribution in [0.5, 0.6) is 0 Å². The average Bonchev–Trinajstić information content (AvgIpc) is 3.06. The Bertz CT molecular complexity index is 1140. The van der Waals surface area contributed by atoms with Crippen molar-refractivity contribution in [1.29, 1.82) is 0 Å². The number of fused-ring (bicyclic) bond motifs is 1. The highest BCUT2D eigenvalue weighted by atomic mass is 35.5. The molecule has 0 bridgehead atoms. The number of piperidine rings is 1. The van der Waals surface area contributed by atoms with Gasteiger partial charge in [-0.05, 0) is 35.7 Å². The zero-order valence-corrected chi connectivity index (χ0v) is 16.8. The summed E-state index contributed by atoms with van der Waals surface area (Å²) in [5.41, 5.74) is 0.979. The molecule has 0 radical (unpaired) electrons. The predicted octanol–water partition coefficient (Wildman–Crippen LogP) is 2.31. The van der Waals surface area contributed by atoms with Gasteiger partial charge < -0.3 is 10.2 Å². The molecule has 2 aromatic rings. The summed E-state index contributed by atoms with van der Waals surface area (Å²) in [6.07, 6.45) is 0.368. The van der Waals surface area contributed by atoms with Crippen LogP contribution in [0.4, 0.5) is 8.78 Å². The van der Waals surface area contributed by atoms with Crippen LogP contribution in [-0.4, -0.2) is 34.6 Å². The smallest absolute Gasteiger partial charge is 0.256 e. The van der Waals surface area contributed by atoms with Crippen LogP contribution < -0.4 is 10.6 Å². The van der Waals surface area contributed by atoms with E-state index in [1.807, 2.05) is 0 Å². The van der Waals surface area contributed by atoms with E-state index in [4.69, 9.17) is 11.6 Å². The Hall–Kier alpha value is -3.33. The van der Waals surface area contributed by atoms with E-state index >= 15 is 0 Å². The van der Waals surface area contributed by atoms with E-state index in [9.17, 15) is 28.0 Å². The van der Waals surface area contributed by atoms with Crippen LogP contribution in [-0.2, 0) is 22.7 Å². The molecule has 0 aliphatic carbocycles. The summed E-state index contributed by atoms with van der Waals surface area (Å²) in [6, 6.07) is 5.80. The van der Waals surface area contributed by atoms with Crippen molar-refractivity contribution >= 4 is 35.2 Å². The molecule has 1 unspecified atom stereocenters. The van der Waals surface area contributed by atoms with Gasteiger partial charge in [0.25, 0.3) is 11.8 Å². The van der Waals surface area contributed by atoms with Gasteiger partial charge in [-0.3, -0.25) is 24.5 Å². The third-order valence-electron chi connectivity index (χ3n) is 5.39. The normalized spacial score (nSPS) is 18.1.